The first-order valence-corrected chi connectivity index (χ1v) is 16.3. The summed E-state index contributed by atoms with van der Waals surface area (Å²) in [4.78, 5) is 1.31. The minimum atomic E-state index is -0.798. The molecule has 1 aromatic carbocycles. The van der Waals surface area contributed by atoms with Gasteiger partial charge in [-0.3, -0.25) is 0 Å². The molecule has 210 valence electrons. The molecular formula is C34H44O4S. The molecule has 39 heavy (non-hydrogen) atoms. The van der Waals surface area contributed by atoms with Crippen molar-refractivity contribution in [3.05, 3.63) is 46.8 Å². The summed E-state index contributed by atoms with van der Waals surface area (Å²) >= 11 is 1.80. The lowest BCUT2D eigenvalue weighted by Gasteiger charge is -2.70. The summed E-state index contributed by atoms with van der Waals surface area (Å²) in [5, 5.41) is 26.4. The Morgan fingerprint density at radius 1 is 0.974 bits per heavy atom. The van der Waals surface area contributed by atoms with Crippen molar-refractivity contribution in [2.75, 3.05) is 13.2 Å². The molecule has 5 fully saturated rings. The van der Waals surface area contributed by atoms with Gasteiger partial charge in [-0.15, -0.1) is 11.3 Å². The topological polar surface area (TPSA) is 58.9 Å². The number of benzene rings is 1. The Bertz CT molecular complexity index is 1280. The lowest BCUT2D eigenvalue weighted by Crippen LogP contribution is -2.70. The predicted molar refractivity (Wildman–Crippen MR) is 154 cm³/mol. The number of ether oxygens (including phenoxy) is 2. The molecule has 2 spiro atoms. The van der Waals surface area contributed by atoms with E-state index in [1.807, 2.05) is 0 Å². The van der Waals surface area contributed by atoms with E-state index in [0.29, 0.717) is 43.3 Å². The maximum Gasteiger partial charge on any atom is 0.171 e. The van der Waals surface area contributed by atoms with Gasteiger partial charge in [-0.25, -0.2) is 0 Å². The summed E-state index contributed by atoms with van der Waals surface area (Å²) in [6.45, 7) is 8.17. The molecule has 8 rings (SSSR count). The van der Waals surface area contributed by atoms with E-state index >= 15 is 0 Å². The Hall–Kier alpha value is -1.24. The summed E-state index contributed by atoms with van der Waals surface area (Å²) in [7, 11) is 0. The zero-order chi connectivity index (χ0) is 26.8. The Labute approximate surface area is 237 Å². The van der Waals surface area contributed by atoms with Crippen LogP contribution in [-0.4, -0.2) is 40.9 Å². The van der Waals surface area contributed by atoms with Gasteiger partial charge < -0.3 is 19.7 Å². The van der Waals surface area contributed by atoms with Crippen LogP contribution in [0.1, 0.15) is 89.2 Å². The zero-order valence-electron chi connectivity index (χ0n) is 23.7. The van der Waals surface area contributed by atoms with Gasteiger partial charge >= 0.3 is 0 Å². The smallest absolute Gasteiger partial charge is 0.171 e. The molecule has 4 saturated carbocycles. The fourth-order valence-electron chi connectivity index (χ4n) is 10.8. The van der Waals surface area contributed by atoms with Gasteiger partial charge in [0, 0.05) is 28.5 Å². The van der Waals surface area contributed by atoms with Crippen molar-refractivity contribution in [2.24, 2.45) is 34.0 Å². The van der Waals surface area contributed by atoms with Crippen LogP contribution in [0, 0.1) is 34.0 Å². The minimum absolute atomic E-state index is 0.0187. The maximum atomic E-state index is 12.9. The zero-order valence-corrected chi connectivity index (χ0v) is 24.6. The second kappa shape index (κ2) is 8.19. The van der Waals surface area contributed by atoms with Crippen LogP contribution in [0.25, 0.3) is 10.4 Å². The van der Waals surface area contributed by atoms with Crippen molar-refractivity contribution < 1.29 is 19.7 Å². The van der Waals surface area contributed by atoms with Crippen molar-refractivity contribution in [1.82, 2.24) is 0 Å². The Morgan fingerprint density at radius 2 is 1.79 bits per heavy atom. The number of thiophene rings is 1. The van der Waals surface area contributed by atoms with Gasteiger partial charge in [0.15, 0.2) is 5.79 Å². The van der Waals surface area contributed by atoms with E-state index in [1.165, 1.54) is 21.6 Å². The van der Waals surface area contributed by atoms with Gasteiger partial charge in [-0.2, -0.15) is 0 Å². The third-order valence-corrected chi connectivity index (χ3v) is 13.6. The summed E-state index contributed by atoms with van der Waals surface area (Å²) in [6, 6.07) is 11.5. The van der Waals surface area contributed by atoms with E-state index in [2.05, 4.69) is 56.5 Å². The molecule has 2 heterocycles. The van der Waals surface area contributed by atoms with Gasteiger partial charge in [0.1, 0.15) is 0 Å². The molecular weight excluding hydrogens is 504 g/mol. The van der Waals surface area contributed by atoms with Crippen molar-refractivity contribution in [2.45, 2.75) is 102 Å². The standard InChI is InChI=1S/C34H44O4S/c1-30(2)19-37-34(38-20-30)13-12-32-16-22-15-21(27-5-4-14-39-27)6-7-23(22)25-17-31(3)26(8-9-28(31)35)24(29(25)32)10-11-33(32,36)18-34/h4-7,14-15,24-26,28-29,35-36H,8-13,16-20H2,1-3H3/t24-,25?,26-,28-,29?,31-,32-,33+/m0/s1. The average molecular weight is 549 g/mol. The molecule has 0 amide bonds. The van der Waals surface area contributed by atoms with Crippen molar-refractivity contribution >= 4 is 11.3 Å². The predicted octanol–water partition coefficient (Wildman–Crippen LogP) is 6.93. The lowest BCUT2D eigenvalue weighted by molar-refractivity contribution is -0.357. The SMILES string of the molecule is CC1(C)COC2(CC[C@@]34Cc5cc(-c6cccs6)ccc5C5C[C@]6(C)[C@@H](O)CC[C@H]6[C@H](CC[C@@]3(O)C2)C54)OC1. The third-order valence-electron chi connectivity index (χ3n) is 12.7. The van der Waals surface area contributed by atoms with Gasteiger partial charge in [-0.1, -0.05) is 45.0 Å². The highest BCUT2D eigenvalue weighted by atomic mass is 32.1. The molecule has 2 N–H and O–H groups in total. The number of aliphatic hydroxyl groups excluding tert-OH is 1. The van der Waals surface area contributed by atoms with E-state index < -0.39 is 11.4 Å². The molecule has 1 aromatic heterocycles. The van der Waals surface area contributed by atoms with Crippen molar-refractivity contribution in [3.8, 4) is 10.4 Å². The first-order valence-electron chi connectivity index (χ1n) is 15.4. The third kappa shape index (κ3) is 3.43. The summed E-state index contributed by atoms with van der Waals surface area (Å²) in [5.41, 5.74) is 3.24. The molecule has 2 aromatic rings. The lowest BCUT2D eigenvalue weighted by atomic mass is 9.37. The van der Waals surface area contributed by atoms with Gasteiger partial charge in [0.25, 0.3) is 0 Å². The highest BCUT2D eigenvalue weighted by molar-refractivity contribution is 7.13. The van der Waals surface area contributed by atoms with E-state index in [9.17, 15) is 10.2 Å². The summed E-state index contributed by atoms with van der Waals surface area (Å²) in [5.74, 6) is 1.32. The molecule has 4 nitrogen and oxygen atoms in total. The Balaban J connectivity index is 1.25. The van der Waals surface area contributed by atoms with Crippen LogP contribution in [0.2, 0.25) is 0 Å². The Morgan fingerprint density at radius 3 is 2.56 bits per heavy atom. The second-order valence-corrected chi connectivity index (χ2v) is 16.3. The molecule has 8 atom stereocenters. The van der Waals surface area contributed by atoms with Crippen LogP contribution >= 0.6 is 11.3 Å². The number of hydrogen-bond acceptors (Lipinski definition) is 5. The van der Waals surface area contributed by atoms with E-state index in [-0.39, 0.29) is 22.3 Å². The van der Waals surface area contributed by atoms with Crippen LogP contribution in [0.5, 0.6) is 0 Å². The number of fused-ring (bicyclic) bond motifs is 4. The second-order valence-electron chi connectivity index (χ2n) is 15.3. The van der Waals surface area contributed by atoms with E-state index in [4.69, 9.17) is 9.47 Å². The largest absolute Gasteiger partial charge is 0.393 e. The van der Waals surface area contributed by atoms with E-state index in [1.54, 1.807) is 11.3 Å². The van der Waals surface area contributed by atoms with Gasteiger partial charge in [0.2, 0.25) is 0 Å². The summed E-state index contributed by atoms with van der Waals surface area (Å²) < 4.78 is 13.1. The molecule has 5 heteroatoms. The fraction of sp³-hybridized carbons (Fsp3) is 0.706. The molecule has 2 unspecified atom stereocenters. The number of hydrogen-bond donors (Lipinski definition) is 2. The fourth-order valence-corrected chi connectivity index (χ4v) is 11.6. The van der Waals surface area contributed by atoms with Crippen LogP contribution in [0.4, 0.5) is 0 Å². The highest BCUT2D eigenvalue weighted by Gasteiger charge is 2.72. The Kier molecular flexibility index (Phi) is 5.35. The van der Waals surface area contributed by atoms with E-state index in [0.717, 1.165) is 51.4 Å². The minimum Gasteiger partial charge on any atom is -0.393 e. The molecule has 1 saturated heterocycles. The van der Waals surface area contributed by atoms with Gasteiger partial charge in [-0.05, 0) is 102 Å². The van der Waals surface area contributed by atoms with Crippen LogP contribution in [-0.2, 0) is 15.9 Å². The highest BCUT2D eigenvalue weighted by Crippen LogP contribution is 2.74. The first kappa shape index (κ1) is 25.5. The molecule has 1 aliphatic heterocycles. The van der Waals surface area contributed by atoms with Gasteiger partial charge in [0.05, 0.1) is 24.9 Å². The number of aliphatic hydroxyl groups is 2. The molecule has 6 aliphatic rings. The first-order chi connectivity index (χ1) is 18.6. The molecule has 0 radical (unpaired) electrons. The van der Waals surface area contributed by atoms with Crippen molar-refractivity contribution in [3.63, 3.8) is 0 Å². The van der Waals surface area contributed by atoms with Crippen LogP contribution in [0.15, 0.2) is 35.7 Å². The van der Waals surface area contributed by atoms with Crippen LogP contribution < -0.4 is 0 Å². The average Bonchev–Trinajstić information content (AvgIpc) is 3.55. The quantitative estimate of drug-likeness (QED) is 0.406. The monoisotopic (exact) mass is 548 g/mol. The summed E-state index contributed by atoms with van der Waals surface area (Å²) in [6.07, 6.45) is 8.13. The van der Waals surface area contributed by atoms with Crippen LogP contribution in [0.3, 0.4) is 0 Å². The van der Waals surface area contributed by atoms with Crippen molar-refractivity contribution in [1.29, 1.82) is 0 Å². The molecule has 0 bridgehead atoms. The molecule has 5 aliphatic carbocycles. The normalized spacial score (nSPS) is 45.2. The maximum absolute atomic E-state index is 12.9. The number of rotatable bonds is 1.